The summed E-state index contributed by atoms with van der Waals surface area (Å²) >= 11 is 0. The predicted molar refractivity (Wildman–Crippen MR) is 126 cm³/mol. The van der Waals surface area contributed by atoms with Gasteiger partial charge in [0, 0.05) is 11.1 Å². The van der Waals surface area contributed by atoms with Gasteiger partial charge < -0.3 is 10.1 Å². The number of likely N-dealkylation sites (N-methyl/N-ethyl adjacent to an activating group) is 1. The predicted octanol–water partition coefficient (Wildman–Crippen LogP) is 4.29. The van der Waals surface area contributed by atoms with E-state index in [2.05, 4.69) is 15.5 Å². The first-order valence-corrected chi connectivity index (χ1v) is 11.0. The van der Waals surface area contributed by atoms with Crippen LogP contribution in [0.1, 0.15) is 47.1 Å². The molecule has 178 valence electrons. The van der Waals surface area contributed by atoms with Crippen LogP contribution >= 0.6 is 0 Å². The van der Waals surface area contributed by atoms with Crippen molar-refractivity contribution < 1.29 is 18.7 Å². The Bertz CT molecular complexity index is 1180. The zero-order valence-electron chi connectivity index (χ0n) is 19.6. The van der Waals surface area contributed by atoms with Gasteiger partial charge in [0.15, 0.2) is 5.82 Å². The lowest BCUT2D eigenvalue weighted by Gasteiger charge is -2.32. The Morgan fingerprint density at radius 1 is 1.18 bits per heavy atom. The van der Waals surface area contributed by atoms with Crippen LogP contribution in [0, 0.1) is 5.82 Å². The van der Waals surface area contributed by atoms with E-state index in [-0.39, 0.29) is 19.2 Å². The molecule has 8 nitrogen and oxygen atoms in total. The number of halogens is 1. The lowest BCUT2D eigenvalue weighted by Crippen LogP contribution is -2.42. The summed E-state index contributed by atoms with van der Waals surface area (Å²) in [6.45, 7) is 4.21. The van der Waals surface area contributed by atoms with Crippen molar-refractivity contribution in [2.45, 2.75) is 32.0 Å². The van der Waals surface area contributed by atoms with Gasteiger partial charge in [-0.1, -0.05) is 30.3 Å². The Labute approximate surface area is 197 Å². The largest absolute Gasteiger partial charge is 0.447 e. The van der Waals surface area contributed by atoms with Gasteiger partial charge >= 0.3 is 6.09 Å². The molecule has 0 saturated carbocycles. The van der Waals surface area contributed by atoms with E-state index in [4.69, 9.17) is 4.74 Å². The molecule has 2 amide bonds. The Balaban J connectivity index is 1.46. The van der Waals surface area contributed by atoms with E-state index in [1.54, 1.807) is 4.90 Å². The number of carbonyl (C=O) groups is 2. The van der Waals surface area contributed by atoms with Crippen molar-refractivity contribution in [1.82, 2.24) is 20.0 Å². The topological polar surface area (TPSA) is 90.6 Å². The number of carbonyl (C=O) groups excluding carboxylic acids is 2. The Kier molecular flexibility index (Phi) is 6.39. The molecule has 0 aliphatic carbocycles. The number of H-pyrrole nitrogens is 1. The van der Waals surface area contributed by atoms with E-state index < -0.39 is 23.4 Å². The van der Waals surface area contributed by atoms with Gasteiger partial charge in [-0.2, -0.15) is 5.10 Å². The minimum absolute atomic E-state index is 0.0825. The molecule has 2 heterocycles. The fourth-order valence-corrected chi connectivity index (χ4v) is 4.14. The number of ether oxygens (including phenoxy) is 1. The molecule has 1 aromatic heterocycles. The van der Waals surface area contributed by atoms with Crippen molar-refractivity contribution in [3.05, 3.63) is 82.8 Å². The van der Waals surface area contributed by atoms with E-state index in [0.717, 1.165) is 11.3 Å². The summed E-state index contributed by atoms with van der Waals surface area (Å²) in [6.07, 6.45) is -0.451. The first-order chi connectivity index (χ1) is 16.2. The maximum absolute atomic E-state index is 13.2. The van der Waals surface area contributed by atoms with Crippen LogP contribution in [-0.4, -0.2) is 52.7 Å². The van der Waals surface area contributed by atoms with Crippen LogP contribution in [0.2, 0.25) is 0 Å². The molecule has 2 N–H and O–H groups in total. The SMILES string of the molecule is CN(C)[C@H](COC(=O)N1Cc2c(NC(=O)c3ccc(F)cc3)n[nH]c2C1(C)C)c1ccccc1. The standard InChI is InChI=1S/C25H28FN5O3/c1-25(2)21-19(22(29-28-21)27-23(32)17-10-12-18(26)13-11-17)14-31(25)24(33)34-15-20(30(3)4)16-8-6-5-7-9-16/h5-13,20H,14-15H2,1-4H3,(H2,27,28,29,32)/t20-/m1/s1. The van der Waals surface area contributed by atoms with Crippen molar-refractivity contribution >= 4 is 17.8 Å². The van der Waals surface area contributed by atoms with E-state index in [0.29, 0.717) is 16.9 Å². The van der Waals surface area contributed by atoms with Crippen LogP contribution < -0.4 is 5.32 Å². The van der Waals surface area contributed by atoms with Gasteiger partial charge in [-0.05, 0) is 57.8 Å². The smallest absolute Gasteiger partial charge is 0.410 e. The average molecular weight is 466 g/mol. The van der Waals surface area contributed by atoms with Gasteiger partial charge in [-0.25, -0.2) is 9.18 Å². The zero-order chi connectivity index (χ0) is 24.5. The Morgan fingerprint density at radius 2 is 1.85 bits per heavy atom. The number of rotatable bonds is 6. The van der Waals surface area contributed by atoms with Crippen LogP contribution in [0.25, 0.3) is 0 Å². The first-order valence-electron chi connectivity index (χ1n) is 11.0. The molecule has 1 aliphatic heterocycles. The third-order valence-corrected chi connectivity index (χ3v) is 6.20. The number of hydrogen-bond donors (Lipinski definition) is 2. The van der Waals surface area contributed by atoms with Crippen molar-refractivity contribution in [2.24, 2.45) is 0 Å². The number of benzene rings is 2. The lowest BCUT2D eigenvalue weighted by atomic mass is 10.0. The molecular formula is C25H28FN5O3. The van der Waals surface area contributed by atoms with Crippen LogP contribution in [0.4, 0.5) is 15.0 Å². The molecule has 0 radical (unpaired) electrons. The number of amides is 2. The summed E-state index contributed by atoms with van der Waals surface area (Å²) in [5, 5.41) is 9.94. The molecule has 2 aromatic carbocycles. The molecule has 0 saturated heterocycles. The third-order valence-electron chi connectivity index (χ3n) is 6.20. The maximum Gasteiger partial charge on any atom is 0.410 e. The highest BCUT2D eigenvalue weighted by molar-refractivity contribution is 6.04. The molecule has 1 atom stereocenters. The fourth-order valence-electron chi connectivity index (χ4n) is 4.14. The van der Waals surface area contributed by atoms with Crippen LogP contribution in [0.3, 0.4) is 0 Å². The second-order valence-corrected chi connectivity index (χ2v) is 9.00. The van der Waals surface area contributed by atoms with Gasteiger partial charge in [0.1, 0.15) is 12.4 Å². The van der Waals surface area contributed by atoms with Gasteiger partial charge in [-0.3, -0.25) is 19.7 Å². The summed E-state index contributed by atoms with van der Waals surface area (Å²) in [5.74, 6) is -0.496. The highest BCUT2D eigenvalue weighted by atomic mass is 19.1. The molecule has 3 aromatic rings. The molecule has 0 bridgehead atoms. The van der Waals surface area contributed by atoms with Crippen LogP contribution in [0.5, 0.6) is 0 Å². The maximum atomic E-state index is 13.2. The van der Waals surface area contributed by atoms with E-state index in [1.165, 1.54) is 24.3 Å². The molecule has 0 unspecified atom stereocenters. The molecular weight excluding hydrogens is 437 g/mol. The number of nitrogens with one attached hydrogen (secondary N) is 2. The quantitative estimate of drug-likeness (QED) is 0.567. The van der Waals surface area contributed by atoms with Gasteiger partial charge in [0.25, 0.3) is 5.91 Å². The molecule has 34 heavy (non-hydrogen) atoms. The van der Waals surface area contributed by atoms with E-state index >= 15 is 0 Å². The highest BCUT2D eigenvalue weighted by Gasteiger charge is 2.45. The first kappa shape index (κ1) is 23.4. The summed E-state index contributed by atoms with van der Waals surface area (Å²) in [4.78, 5) is 29.3. The summed E-state index contributed by atoms with van der Waals surface area (Å²) in [6, 6.07) is 15.0. The molecule has 4 rings (SSSR count). The van der Waals surface area contributed by atoms with Gasteiger partial charge in [0.2, 0.25) is 0 Å². The third kappa shape index (κ3) is 4.51. The molecule has 9 heteroatoms. The second-order valence-electron chi connectivity index (χ2n) is 9.00. The lowest BCUT2D eigenvalue weighted by molar-refractivity contribution is 0.0484. The number of aromatic amines is 1. The molecule has 0 fully saturated rings. The van der Waals surface area contributed by atoms with E-state index in [1.807, 2.05) is 63.2 Å². The minimum atomic E-state index is -0.710. The number of hydrogen-bond acceptors (Lipinski definition) is 5. The zero-order valence-corrected chi connectivity index (χ0v) is 19.6. The van der Waals surface area contributed by atoms with Crippen molar-refractivity contribution in [2.75, 3.05) is 26.0 Å². The molecule has 1 aliphatic rings. The second kappa shape index (κ2) is 9.26. The summed E-state index contributed by atoms with van der Waals surface area (Å²) in [7, 11) is 3.88. The average Bonchev–Trinajstić information content (AvgIpc) is 3.32. The van der Waals surface area contributed by atoms with Crippen molar-refractivity contribution in [1.29, 1.82) is 0 Å². The monoisotopic (exact) mass is 465 g/mol. The van der Waals surface area contributed by atoms with Crippen molar-refractivity contribution in [3.8, 4) is 0 Å². The highest BCUT2D eigenvalue weighted by Crippen LogP contribution is 2.41. The molecule has 0 spiro atoms. The summed E-state index contributed by atoms with van der Waals surface area (Å²) in [5.41, 5.74) is 2.10. The van der Waals surface area contributed by atoms with Crippen LogP contribution in [0.15, 0.2) is 54.6 Å². The number of aromatic nitrogens is 2. The number of fused-ring (bicyclic) bond motifs is 1. The summed E-state index contributed by atoms with van der Waals surface area (Å²) < 4.78 is 18.9. The minimum Gasteiger partial charge on any atom is -0.447 e. The Morgan fingerprint density at radius 3 is 2.50 bits per heavy atom. The number of anilines is 1. The normalized spacial score (nSPS) is 15.2. The van der Waals surface area contributed by atoms with Gasteiger partial charge in [-0.15, -0.1) is 0 Å². The van der Waals surface area contributed by atoms with Crippen molar-refractivity contribution in [3.63, 3.8) is 0 Å². The fraction of sp³-hybridized carbons (Fsp3) is 0.320. The van der Waals surface area contributed by atoms with E-state index in [9.17, 15) is 14.0 Å². The number of nitrogens with zero attached hydrogens (tertiary/aromatic N) is 3. The van der Waals surface area contributed by atoms with Gasteiger partial charge in [0.05, 0.1) is 23.8 Å². The Hall–Kier alpha value is -3.72. The van der Waals surface area contributed by atoms with Crippen LogP contribution in [-0.2, 0) is 16.8 Å².